The van der Waals surface area contributed by atoms with E-state index >= 15 is 0 Å². The molecule has 0 aromatic heterocycles. The highest BCUT2D eigenvalue weighted by Crippen LogP contribution is 2.25. The molecule has 1 aliphatic rings. The lowest BCUT2D eigenvalue weighted by Crippen LogP contribution is -2.53. The maximum atomic E-state index is 13.8. The Hall–Kier alpha value is -2.47. The minimum absolute atomic E-state index is 0.104. The Labute approximate surface area is 233 Å². The number of hydrogen-bond donors (Lipinski definition) is 1. The fraction of sp³-hybridized carbons (Fsp3) is 0.333. The lowest BCUT2D eigenvalue weighted by molar-refractivity contribution is -0.139. The van der Waals surface area contributed by atoms with Gasteiger partial charge in [-0.05, 0) is 54.3 Å². The molecule has 0 bridgehead atoms. The van der Waals surface area contributed by atoms with Gasteiger partial charge >= 0.3 is 0 Å². The van der Waals surface area contributed by atoms with Gasteiger partial charge in [-0.3, -0.25) is 9.59 Å². The lowest BCUT2D eigenvalue weighted by Gasteiger charge is -2.33. The molecule has 1 saturated carbocycles. The number of carbonyl (C=O) groups excluding carboxylic acids is 2. The number of rotatable bonds is 10. The van der Waals surface area contributed by atoms with Gasteiger partial charge in [0.1, 0.15) is 6.04 Å². The minimum Gasteiger partial charge on any atom is -0.352 e. The molecule has 0 spiro atoms. The fourth-order valence-corrected chi connectivity index (χ4v) is 5.77. The summed E-state index contributed by atoms with van der Waals surface area (Å²) in [6.07, 6.45) is 5.84. The molecule has 0 saturated heterocycles. The summed E-state index contributed by atoms with van der Waals surface area (Å²) in [4.78, 5) is 30.2. The molecule has 37 heavy (non-hydrogen) atoms. The van der Waals surface area contributed by atoms with Crippen LogP contribution in [-0.4, -0.2) is 34.6 Å². The van der Waals surface area contributed by atoms with Crippen LogP contribution in [0.15, 0.2) is 83.8 Å². The monoisotopic (exact) mass is 554 g/mol. The average molecular weight is 556 g/mol. The molecule has 3 aromatic carbocycles. The summed E-state index contributed by atoms with van der Waals surface area (Å²) in [5, 5.41) is 4.50. The zero-order valence-electron chi connectivity index (χ0n) is 20.7. The molecule has 194 valence electrons. The minimum atomic E-state index is -0.654. The van der Waals surface area contributed by atoms with Crippen molar-refractivity contribution in [3.05, 3.63) is 100 Å². The van der Waals surface area contributed by atoms with Gasteiger partial charge in [-0.15, -0.1) is 11.8 Å². The number of thioether (sulfide) groups is 1. The SMILES string of the molecule is O=C(NC1CCCCC1)[C@H](Cc1ccccc1)N(Cc1ccccc1Cl)C(=O)CSc1ccc(Cl)cc1. The first-order valence-electron chi connectivity index (χ1n) is 12.7. The van der Waals surface area contributed by atoms with Gasteiger partial charge < -0.3 is 10.2 Å². The van der Waals surface area contributed by atoms with Crippen molar-refractivity contribution in [1.82, 2.24) is 10.2 Å². The first-order valence-corrected chi connectivity index (χ1v) is 14.5. The Bertz CT molecular complexity index is 1170. The van der Waals surface area contributed by atoms with Gasteiger partial charge in [0.05, 0.1) is 5.75 Å². The van der Waals surface area contributed by atoms with Crippen LogP contribution in [0, 0.1) is 0 Å². The van der Waals surface area contributed by atoms with Gasteiger partial charge in [0.2, 0.25) is 11.8 Å². The second-order valence-corrected chi connectivity index (χ2v) is 11.3. The summed E-state index contributed by atoms with van der Waals surface area (Å²) in [5.74, 6) is -0.0131. The third-order valence-corrected chi connectivity index (χ3v) is 8.31. The summed E-state index contributed by atoms with van der Waals surface area (Å²) in [7, 11) is 0. The first-order chi connectivity index (χ1) is 18.0. The molecule has 1 N–H and O–H groups in total. The van der Waals surface area contributed by atoms with Crippen LogP contribution in [0.3, 0.4) is 0 Å². The van der Waals surface area contributed by atoms with Gasteiger partial charge in [-0.2, -0.15) is 0 Å². The normalized spacial score (nSPS) is 14.6. The molecule has 4 nitrogen and oxygen atoms in total. The molecular weight excluding hydrogens is 523 g/mol. The number of halogens is 2. The standard InChI is InChI=1S/C30H32Cl2N2O2S/c31-24-15-17-26(18-16-24)37-21-29(35)34(20-23-11-7-8-14-27(23)32)28(19-22-9-3-1-4-10-22)30(36)33-25-12-5-2-6-13-25/h1,3-4,7-11,14-18,25,28H,2,5-6,12-13,19-21H2,(H,33,36)/t28-/m0/s1. The van der Waals surface area contributed by atoms with Crippen molar-refractivity contribution in [3.8, 4) is 0 Å². The second kappa shape index (κ2) is 13.9. The molecule has 1 aliphatic carbocycles. The summed E-state index contributed by atoms with van der Waals surface area (Å²) < 4.78 is 0. The highest BCUT2D eigenvalue weighted by molar-refractivity contribution is 8.00. The summed E-state index contributed by atoms with van der Waals surface area (Å²) in [6.45, 7) is 0.259. The molecule has 4 rings (SSSR count). The van der Waals surface area contributed by atoms with E-state index < -0.39 is 6.04 Å². The molecule has 7 heteroatoms. The van der Waals surface area contributed by atoms with Crippen molar-refractivity contribution < 1.29 is 9.59 Å². The first kappa shape index (κ1) is 27.6. The van der Waals surface area contributed by atoms with Crippen molar-refractivity contribution in [2.45, 2.75) is 62.0 Å². The quantitative estimate of drug-likeness (QED) is 0.270. The Balaban J connectivity index is 1.61. The molecule has 1 atom stereocenters. The van der Waals surface area contributed by atoms with Crippen LogP contribution in [-0.2, 0) is 22.6 Å². The number of benzene rings is 3. The predicted octanol–water partition coefficient (Wildman–Crippen LogP) is 7.17. The Morgan fingerprint density at radius 3 is 2.27 bits per heavy atom. The molecule has 1 fully saturated rings. The van der Waals surface area contributed by atoms with Crippen LogP contribution in [0.1, 0.15) is 43.2 Å². The van der Waals surface area contributed by atoms with E-state index in [2.05, 4.69) is 5.32 Å². The van der Waals surface area contributed by atoms with Crippen molar-refractivity contribution >= 4 is 46.8 Å². The van der Waals surface area contributed by atoms with Crippen LogP contribution in [0.4, 0.5) is 0 Å². The number of amides is 2. The number of carbonyl (C=O) groups is 2. The zero-order valence-corrected chi connectivity index (χ0v) is 23.1. The Morgan fingerprint density at radius 1 is 0.892 bits per heavy atom. The molecule has 0 heterocycles. The van der Waals surface area contributed by atoms with Gasteiger partial charge in [-0.25, -0.2) is 0 Å². The molecule has 0 aliphatic heterocycles. The third kappa shape index (κ3) is 8.26. The second-order valence-electron chi connectivity index (χ2n) is 9.40. The number of nitrogens with zero attached hydrogens (tertiary/aromatic N) is 1. The van der Waals surface area contributed by atoms with E-state index in [1.165, 1.54) is 18.2 Å². The maximum absolute atomic E-state index is 13.8. The highest BCUT2D eigenvalue weighted by Gasteiger charge is 2.32. The molecule has 3 aromatic rings. The Kier molecular flexibility index (Phi) is 10.4. The zero-order chi connectivity index (χ0) is 26.0. The molecule has 0 unspecified atom stereocenters. The van der Waals surface area contributed by atoms with Crippen molar-refractivity contribution in [3.63, 3.8) is 0 Å². The predicted molar refractivity (Wildman–Crippen MR) is 153 cm³/mol. The topological polar surface area (TPSA) is 49.4 Å². The van der Waals surface area contributed by atoms with E-state index in [1.54, 1.807) is 4.90 Å². The van der Waals surface area contributed by atoms with Gasteiger partial charge in [0, 0.05) is 33.9 Å². The van der Waals surface area contributed by atoms with E-state index in [1.807, 2.05) is 78.9 Å². The largest absolute Gasteiger partial charge is 0.352 e. The third-order valence-electron chi connectivity index (χ3n) is 6.70. The number of nitrogens with one attached hydrogen (secondary N) is 1. The van der Waals surface area contributed by atoms with E-state index in [-0.39, 0.29) is 30.2 Å². The van der Waals surface area contributed by atoms with Crippen molar-refractivity contribution in [2.24, 2.45) is 0 Å². The summed E-state index contributed by atoms with van der Waals surface area (Å²) in [6, 6.07) is 24.3. The van der Waals surface area contributed by atoms with Gasteiger partial charge in [-0.1, -0.05) is 91.0 Å². The van der Waals surface area contributed by atoms with Crippen LogP contribution in [0.5, 0.6) is 0 Å². The smallest absolute Gasteiger partial charge is 0.243 e. The lowest BCUT2D eigenvalue weighted by atomic mass is 9.94. The summed E-state index contributed by atoms with van der Waals surface area (Å²) in [5.41, 5.74) is 1.83. The fourth-order valence-electron chi connectivity index (χ4n) is 4.67. The van der Waals surface area contributed by atoms with Crippen LogP contribution < -0.4 is 5.32 Å². The van der Waals surface area contributed by atoms with E-state index in [4.69, 9.17) is 23.2 Å². The summed E-state index contributed by atoms with van der Waals surface area (Å²) >= 11 is 14.0. The molecule has 2 amide bonds. The molecular formula is C30H32Cl2N2O2S. The van der Waals surface area contributed by atoms with E-state index in [9.17, 15) is 9.59 Å². The highest BCUT2D eigenvalue weighted by atomic mass is 35.5. The number of hydrogen-bond acceptors (Lipinski definition) is 3. The van der Waals surface area contributed by atoms with Crippen LogP contribution in [0.2, 0.25) is 10.0 Å². The van der Waals surface area contributed by atoms with Gasteiger partial charge in [0.15, 0.2) is 0 Å². The van der Waals surface area contributed by atoms with Crippen molar-refractivity contribution in [1.29, 1.82) is 0 Å². The maximum Gasteiger partial charge on any atom is 0.243 e. The van der Waals surface area contributed by atoms with Crippen molar-refractivity contribution in [2.75, 3.05) is 5.75 Å². The van der Waals surface area contributed by atoms with Crippen LogP contribution in [0.25, 0.3) is 0 Å². The van der Waals surface area contributed by atoms with E-state index in [0.29, 0.717) is 16.5 Å². The average Bonchev–Trinajstić information content (AvgIpc) is 2.92. The van der Waals surface area contributed by atoms with E-state index in [0.717, 1.165) is 41.7 Å². The van der Waals surface area contributed by atoms with Crippen LogP contribution >= 0.6 is 35.0 Å². The van der Waals surface area contributed by atoms with Gasteiger partial charge in [0.25, 0.3) is 0 Å². The molecule has 0 radical (unpaired) electrons. The Morgan fingerprint density at radius 2 is 1.57 bits per heavy atom.